The molecule has 2 aliphatic rings. The number of anilines is 1. The van der Waals surface area contributed by atoms with Gasteiger partial charge in [0.1, 0.15) is 0 Å². The number of rotatable bonds is 3. The van der Waals surface area contributed by atoms with Crippen LogP contribution in [0.3, 0.4) is 0 Å². The highest BCUT2D eigenvalue weighted by Crippen LogP contribution is 2.29. The summed E-state index contributed by atoms with van der Waals surface area (Å²) >= 11 is 0. The van der Waals surface area contributed by atoms with Gasteiger partial charge in [-0.25, -0.2) is 0 Å². The van der Waals surface area contributed by atoms with E-state index in [-0.39, 0.29) is 11.9 Å². The second kappa shape index (κ2) is 7.22. The largest absolute Gasteiger partial charge is 0.314 e. The molecule has 2 aromatic rings. The summed E-state index contributed by atoms with van der Waals surface area (Å²) in [6.45, 7) is 7.07. The number of fused-ring (bicyclic) bond motifs is 1. The van der Waals surface area contributed by atoms with Crippen LogP contribution in [-0.4, -0.2) is 55.0 Å². The van der Waals surface area contributed by atoms with Crippen molar-refractivity contribution in [3.63, 3.8) is 0 Å². The second-order valence-corrected chi connectivity index (χ2v) is 7.54. The summed E-state index contributed by atoms with van der Waals surface area (Å²) in [6, 6.07) is 17.1. The summed E-state index contributed by atoms with van der Waals surface area (Å²) in [6.07, 6.45) is 0.831. The van der Waals surface area contributed by atoms with Gasteiger partial charge in [-0.15, -0.1) is 0 Å². The van der Waals surface area contributed by atoms with Crippen molar-refractivity contribution in [3.8, 4) is 0 Å². The van der Waals surface area contributed by atoms with E-state index in [0.29, 0.717) is 0 Å². The molecule has 1 amide bonds. The molecule has 0 radical (unpaired) electrons. The third-order valence-electron chi connectivity index (χ3n) is 5.76. The van der Waals surface area contributed by atoms with Crippen molar-refractivity contribution in [1.29, 1.82) is 0 Å². The lowest BCUT2D eigenvalue weighted by molar-refractivity contribution is -0.124. The van der Waals surface area contributed by atoms with Crippen molar-refractivity contribution < 1.29 is 4.79 Å². The van der Waals surface area contributed by atoms with Crippen LogP contribution in [0.15, 0.2) is 48.5 Å². The zero-order valence-electron chi connectivity index (χ0n) is 15.7. The van der Waals surface area contributed by atoms with Crippen molar-refractivity contribution in [2.45, 2.75) is 25.9 Å². The topological polar surface area (TPSA) is 26.8 Å². The van der Waals surface area contributed by atoms with E-state index in [9.17, 15) is 4.79 Å². The first-order valence-electron chi connectivity index (χ1n) is 9.49. The fourth-order valence-electron chi connectivity index (χ4n) is 4.12. The summed E-state index contributed by atoms with van der Waals surface area (Å²) in [4.78, 5) is 19.6. The highest BCUT2D eigenvalue weighted by atomic mass is 16.2. The monoisotopic (exact) mass is 349 g/mol. The third kappa shape index (κ3) is 3.39. The lowest BCUT2D eigenvalue weighted by atomic mass is 9.96. The maximum Gasteiger partial charge on any atom is 0.244 e. The average molecular weight is 349 g/mol. The molecular weight excluding hydrogens is 322 g/mol. The molecule has 0 aliphatic carbocycles. The summed E-state index contributed by atoms with van der Waals surface area (Å²) in [5, 5.41) is 0. The summed E-state index contributed by atoms with van der Waals surface area (Å²) in [5.41, 5.74) is 5.01. The van der Waals surface area contributed by atoms with E-state index < -0.39 is 0 Å². The standard InChI is InChI=1S/C22H27N3O/c1-17-7-9-18(10-8-17)16-24-11-13-25(14-12-24)21-15-19-5-3-4-6-20(19)23(2)22(21)26/h3-10,21H,11-16H2,1-2H3. The first-order chi connectivity index (χ1) is 12.6. The van der Waals surface area contributed by atoms with Crippen molar-refractivity contribution in [2.24, 2.45) is 0 Å². The second-order valence-electron chi connectivity index (χ2n) is 7.54. The molecule has 26 heavy (non-hydrogen) atoms. The van der Waals surface area contributed by atoms with E-state index in [4.69, 9.17) is 0 Å². The number of amides is 1. The highest BCUT2D eigenvalue weighted by molar-refractivity contribution is 5.99. The van der Waals surface area contributed by atoms with Gasteiger partial charge in [0.15, 0.2) is 0 Å². The molecule has 0 aromatic heterocycles. The Kier molecular flexibility index (Phi) is 4.79. The first-order valence-corrected chi connectivity index (χ1v) is 9.49. The van der Waals surface area contributed by atoms with Gasteiger partial charge < -0.3 is 4.90 Å². The zero-order chi connectivity index (χ0) is 18.1. The Morgan fingerprint density at radius 3 is 2.38 bits per heavy atom. The number of hydrogen-bond donors (Lipinski definition) is 0. The molecule has 0 spiro atoms. The molecule has 0 N–H and O–H groups in total. The molecule has 1 atom stereocenters. The molecule has 0 saturated carbocycles. The van der Waals surface area contributed by atoms with Gasteiger partial charge in [0.05, 0.1) is 6.04 Å². The molecule has 4 heteroatoms. The van der Waals surface area contributed by atoms with Gasteiger partial charge in [0.25, 0.3) is 0 Å². The molecule has 4 rings (SSSR count). The number of piperazine rings is 1. The van der Waals surface area contributed by atoms with Crippen LogP contribution in [0.1, 0.15) is 16.7 Å². The SMILES string of the molecule is Cc1ccc(CN2CCN(C3Cc4ccccc4N(C)C3=O)CC2)cc1. The molecule has 136 valence electrons. The molecule has 2 aromatic carbocycles. The Morgan fingerprint density at radius 1 is 0.962 bits per heavy atom. The number of carbonyl (C=O) groups excluding carboxylic acids is 1. The minimum Gasteiger partial charge on any atom is -0.314 e. The van der Waals surface area contributed by atoms with Gasteiger partial charge in [0.2, 0.25) is 5.91 Å². The van der Waals surface area contributed by atoms with Crippen LogP contribution in [0.2, 0.25) is 0 Å². The quantitative estimate of drug-likeness (QED) is 0.852. The fourth-order valence-corrected chi connectivity index (χ4v) is 4.12. The molecule has 2 heterocycles. The van der Waals surface area contributed by atoms with Gasteiger partial charge in [-0.2, -0.15) is 0 Å². The van der Waals surface area contributed by atoms with Crippen LogP contribution in [0.25, 0.3) is 0 Å². The van der Waals surface area contributed by atoms with E-state index in [1.807, 2.05) is 24.1 Å². The molecule has 1 fully saturated rings. The predicted molar refractivity (Wildman–Crippen MR) is 105 cm³/mol. The van der Waals surface area contributed by atoms with E-state index in [2.05, 4.69) is 53.1 Å². The molecule has 0 bridgehead atoms. The van der Waals surface area contributed by atoms with Crippen molar-refractivity contribution in [1.82, 2.24) is 9.80 Å². The number of likely N-dealkylation sites (N-methyl/N-ethyl adjacent to an activating group) is 1. The number of hydrogen-bond acceptors (Lipinski definition) is 3. The summed E-state index contributed by atoms with van der Waals surface area (Å²) in [7, 11) is 1.90. The fraction of sp³-hybridized carbons (Fsp3) is 0.409. The highest BCUT2D eigenvalue weighted by Gasteiger charge is 2.35. The van der Waals surface area contributed by atoms with Crippen LogP contribution >= 0.6 is 0 Å². The Balaban J connectivity index is 1.39. The third-order valence-corrected chi connectivity index (χ3v) is 5.76. The minimum atomic E-state index is -0.0172. The van der Waals surface area contributed by atoms with E-state index >= 15 is 0 Å². The Labute approximate surface area is 156 Å². The van der Waals surface area contributed by atoms with Crippen LogP contribution in [-0.2, 0) is 17.8 Å². The first kappa shape index (κ1) is 17.3. The maximum absolute atomic E-state index is 12.9. The van der Waals surface area contributed by atoms with Gasteiger partial charge in [-0.05, 0) is 30.5 Å². The van der Waals surface area contributed by atoms with Crippen molar-refractivity contribution in [3.05, 3.63) is 65.2 Å². The molecular formula is C22H27N3O. The minimum absolute atomic E-state index is 0.0172. The number of benzene rings is 2. The van der Waals surface area contributed by atoms with E-state index in [1.165, 1.54) is 16.7 Å². The number of aryl methyl sites for hydroxylation is 1. The van der Waals surface area contributed by atoms with Crippen LogP contribution < -0.4 is 4.90 Å². The normalized spacial score (nSPS) is 21.7. The molecule has 2 aliphatic heterocycles. The number of nitrogens with zero attached hydrogens (tertiary/aromatic N) is 3. The molecule has 1 unspecified atom stereocenters. The maximum atomic E-state index is 12.9. The number of carbonyl (C=O) groups is 1. The Morgan fingerprint density at radius 2 is 1.65 bits per heavy atom. The van der Waals surface area contributed by atoms with Gasteiger partial charge in [0, 0.05) is 45.5 Å². The van der Waals surface area contributed by atoms with Crippen LogP contribution in [0, 0.1) is 6.92 Å². The van der Waals surface area contributed by atoms with Crippen LogP contribution in [0.5, 0.6) is 0 Å². The number of para-hydroxylation sites is 1. The summed E-state index contributed by atoms with van der Waals surface area (Å²) < 4.78 is 0. The van der Waals surface area contributed by atoms with Gasteiger partial charge >= 0.3 is 0 Å². The van der Waals surface area contributed by atoms with Gasteiger partial charge in [-0.1, -0.05) is 48.0 Å². The molecule has 4 nitrogen and oxygen atoms in total. The van der Waals surface area contributed by atoms with E-state index in [1.54, 1.807) is 0 Å². The Hall–Kier alpha value is -2.17. The van der Waals surface area contributed by atoms with Crippen molar-refractivity contribution in [2.75, 3.05) is 38.1 Å². The zero-order valence-corrected chi connectivity index (χ0v) is 15.7. The van der Waals surface area contributed by atoms with Crippen molar-refractivity contribution >= 4 is 11.6 Å². The molecule has 1 saturated heterocycles. The van der Waals surface area contributed by atoms with E-state index in [0.717, 1.165) is 44.8 Å². The lowest BCUT2D eigenvalue weighted by Crippen LogP contribution is -2.57. The van der Waals surface area contributed by atoms with Gasteiger partial charge in [-0.3, -0.25) is 14.6 Å². The smallest absolute Gasteiger partial charge is 0.244 e. The Bertz CT molecular complexity index is 778. The lowest BCUT2D eigenvalue weighted by Gasteiger charge is -2.42. The predicted octanol–water partition coefficient (Wildman–Crippen LogP) is 2.70. The average Bonchev–Trinajstić information content (AvgIpc) is 2.67. The van der Waals surface area contributed by atoms with Crippen LogP contribution in [0.4, 0.5) is 5.69 Å². The summed E-state index contributed by atoms with van der Waals surface area (Å²) in [5.74, 6) is 0.232.